The number of rotatable bonds is 2. The lowest BCUT2D eigenvalue weighted by Gasteiger charge is -2.12. The Kier molecular flexibility index (Phi) is 3.84. The fourth-order valence-corrected chi connectivity index (χ4v) is 1.56. The van der Waals surface area contributed by atoms with Gasteiger partial charge in [0.1, 0.15) is 5.76 Å². The van der Waals surface area contributed by atoms with Gasteiger partial charge in [-0.3, -0.25) is 5.32 Å². The third-order valence-corrected chi connectivity index (χ3v) is 2.69. The molecule has 0 spiro atoms. The quantitative estimate of drug-likeness (QED) is 0.791. The van der Waals surface area contributed by atoms with E-state index in [1.54, 1.807) is 6.07 Å². The maximum Gasteiger partial charge on any atom is 0.324 e. The zero-order valence-electron chi connectivity index (χ0n) is 11.9. The average molecular weight is 293 g/mol. The Morgan fingerprint density at radius 3 is 2.57 bits per heavy atom. The van der Waals surface area contributed by atoms with Crippen molar-refractivity contribution in [1.29, 1.82) is 0 Å². The lowest BCUT2D eigenvalue weighted by atomic mass is 9.93. The number of hydrogen-bond acceptors (Lipinski definition) is 4. The van der Waals surface area contributed by atoms with Gasteiger partial charge in [0.2, 0.25) is 0 Å². The number of aromatic hydroxyl groups is 1. The molecule has 0 bridgehead atoms. The molecule has 0 atom stereocenters. The maximum atomic E-state index is 12.9. The van der Waals surface area contributed by atoms with Crippen LogP contribution in [0.25, 0.3) is 0 Å². The zero-order valence-corrected chi connectivity index (χ0v) is 11.9. The van der Waals surface area contributed by atoms with E-state index in [9.17, 15) is 14.3 Å². The first kappa shape index (κ1) is 14.8. The van der Waals surface area contributed by atoms with Gasteiger partial charge in [0.05, 0.1) is 0 Å². The molecule has 0 fully saturated rings. The number of hydrogen-bond donors (Lipinski definition) is 3. The lowest BCUT2D eigenvalue weighted by molar-refractivity contribution is 0.262. The molecular formula is C14H16FN3O3. The highest BCUT2D eigenvalue weighted by molar-refractivity contribution is 5.99. The Hall–Kier alpha value is -2.57. The van der Waals surface area contributed by atoms with Crippen molar-refractivity contribution < 1.29 is 18.8 Å². The van der Waals surface area contributed by atoms with Gasteiger partial charge in [-0.1, -0.05) is 25.9 Å². The van der Waals surface area contributed by atoms with Crippen molar-refractivity contribution >= 4 is 17.5 Å². The molecule has 0 aliphatic rings. The lowest BCUT2D eigenvalue weighted by Crippen LogP contribution is -2.19. The van der Waals surface area contributed by atoms with Crippen molar-refractivity contribution in [1.82, 2.24) is 5.16 Å². The molecule has 0 aliphatic heterocycles. The minimum Gasteiger partial charge on any atom is -0.505 e. The van der Waals surface area contributed by atoms with E-state index in [0.717, 1.165) is 12.1 Å². The van der Waals surface area contributed by atoms with Crippen molar-refractivity contribution in [3.8, 4) is 5.75 Å². The Bertz CT molecular complexity index is 662. The number of nitrogens with zero attached hydrogens (tertiary/aromatic N) is 1. The Labute approximate surface area is 120 Å². The summed E-state index contributed by atoms with van der Waals surface area (Å²) < 4.78 is 18.0. The van der Waals surface area contributed by atoms with Crippen LogP contribution in [0.5, 0.6) is 5.75 Å². The number of phenols is 1. The number of phenolic OH excluding ortho intramolecular Hbond substituents is 1. The molecule has 2 amide bonds. The highest BCUT2D eigenvalue weighted by atomic mass is 19.1. The van der Waals surface area contributed by atoms with Gasteiger partial charge in [-0.15, -0.1) is 0 Å². The average Bonchev–Trinajstić information content (AvgIpc) is 2.82. The summed E-state index contributed by atoms with van der Waals surface area (Å²) in [6.07, 6.45) is 0. The van der Waals surface area contributed by atoms with Crippen LogP contribution in [0, 0.1) is 5.82 Å². The number of urea groups is 1. The number of benzene rings is 1. The number of aromatic nitrogens is 1. The van der Waals surface area contributed by atoms with E-state index < -0.39 is 17.6 Å². The summed E-state index contributed by atoms with van der Waals surface area (Å²) in [7, 11) is 0. The Morgan fingerprint density at radius 1 is 1.29 bits per heavy atom. The summed E-state index contributed by atoms with van der Waals surface area (Å²) in [6, 6.07) is 4.55. The molecule has 3 N–H and O–H groups in total. The normalized spacial score (nSPS) is 11.2. The van der Waals surface area contributed by atoms with Gasteiger partial charge < -0.3 is 14.9 Å². The molecule has 0 saturated heterocycles. The van der Waals surface area contributed by atoms with Crippen LogP contribution >= 0.6 is 0 Å². The third kappa shape index (κ3) is 3.71. The van der Waals surface area contributed by atoms with Crippen LogP contribution in [0.2, 0.25) is 0 Å². The largest absolute Gasteiger partial charge is 0.505 e. The van der Waals surface area contributed by atoms with E-state index in [1.807, 2.05) is 20.8 Å². The summed E-state index contributed by atoms with van der Waals surface area (Å²) in [5.74, 6) is -0.391. The van der Waals surface area contributed by atoms with Crippen LogP contribution in [0.15, 0.2) is 28.8 Å². The molecule has 1 aromatic heterocycles. The summed E-state index contributed by atoms with van der Waals surface area (Å²) in [6.45, 7) is 5.87. The molecule has 1 aromatic carbocycles. The highest BCUT2D eigenvalue weighted by Gasteiger charge is 2.20. The summed E-state index contributed by atoms with van der Waals surface area (Å²) >= 11 is 0. The number of halogens is 1. The van der Waals surface area contributed by atoms with Crippen molar-refractivity contribution in [3.63, 3.8) is 0 Å². The fourth-order valence-electron chi connectivity index (χ4n) is 1.56. The molecule has 0 aliphatic carbocycles. The minimum absolute atomic E-state index is 0.216. The molecule has 112 valence electrons. The molecule has 6 nitrogen and oxygen atoms in total. The second kappa shape index (κ2) is 5.43. The summed E-state index contributed by atoms with van der Waals surface area (Å²) in [5.41, 5.74) is 0.0394. The van der Waals surface area contributed by atoms with E-state index >= 15 is 0 Å². The second-order valence-electron chi connectivity index (χ2n) is 5.57. The van der Waals surface area contributed by atoms with E-state index in [0.29, 0.717) is 5.76 Å². The number of carbonyl (C=O) groups excluding carboxylic acids is 1. The predicted molar refractivity (Wildman–Crippen MR) is 75.9 cm³/mol. The topological polar surface area (TPSA) is 87.4 Å². The molecule has 0 saturated carbocycles. The van der Waals surface area contributed by atoms with Gasteiger partial charge in [0.15, 0.2) is 17.4 Å². The Morgan fingerprint density at radius 2 is 2.00 bits per heavy atom. The molecule has 0 unspecified atom stereocenters. The first-order chi connectivity index (χ1) is 9.75. The van der Waals surface area contributed by atoms with Crippen LogP contribution in [-0.4, -0.2) is 16.3 Å². The van der Waals surface area contributed by atoms with Crippen molar-refractivity contribution in [2.45, 2.75) is 26.2 Å². The fraction of sp³-hybridized carbons (Fsp3) is 0.286. The van der Waals surface area contributed by atoms with Crippen LogP contribution in [-0.2, 0) is 5.41 Å². The molecule has 21 heavy (non-hydrogen) atoms. The first-order valence-corrected chi connectivity index (χ1v) is 6.29. The maximum absolute atomic E-state index is 12.9. The minimum atomic E-state index is -0.757. The Balaban J connectivity index is 2.01. The highest BCUT2D eigenvalue weighted by Crippen LogP contribution is 2.24. The molecule has 0 radical (unpaired) electrons. The second-order valence-corrected chi connectivity index (χ2v) is 5.57. The molecule has 2 aromatic rings. The van der Waals surface area contributed by atoms with E-state index in [-0.39, 0.29) is 16.9 Å². The summed E-state index contributed by atoms with van der Waals surface area (Å²) in [5, 5.41) is 17.9. The van der Waals surface area contributed by atoms with Gasteiger partial charge >= 0.3 is 6.03 Å². The molecule has 7 heteroatoms. The van der Waals surface area contributed by atoms with E-state index in [2.05, 4.69) is 15.8 Å². The zero-order chi connectivity index (χ0) is 15.6. The number of nitrogens with one attached hydrogen (secondary N) is 2. The van der Waals surface area contributed by atoms with Crippen LogP contribution in [0.4, 0.5) is 20.7 Å². The van der Waals surface area contributed by atoms with E-state index in [4.69, 9.17) is 4.52 Å². The molecule has 1 heterocycles. The smallest absolute Gasteiger partial charge is 0.324 e. The first-order valence-electron chi connectivity index (χ1n) is 6.29. The van der Waals surface area contributed by atoms with E-state index in [1.165, 1.54) is 6.07 Å². The van der Waals surface area contributed by atoms with Crippen molar-refractivity contribution in [2.75, 3.05) is 10.6 Å². The predicted octanol–water partition coefficient (Wildman–Crippen LogP) is 3.46. The summed E-state index contributed by atoms with van der Waals surface area (Å²) in [4.78, 5) is 11.8. The van der Waals surface area contributed by atoms with Gasteiger partial charge in [-0.05, 0) is 12.1 Å². The van der Waals surface area contributed by atoms with Crippen LogP contribution < -0.4 is 10.6 Å². The van der Waals surface area contributed by atoms with Crippen LogP contribution in [0.1, 0.15) is 26.5 Å². The van der Waals surface area contributed by atoms with Crippen molar-refractivity contribution in [2.24, 2.45) is 0 Å². The number of carbonyl (C=O) groups is 1. The van der Waals surface area contributed by atoms with Gasteiger partial charge in [-0.25, -0.2) is 9.18 Å². The standard InChI is InChI=1S/C14H16FN3O3/c1-14(2,3)11-7-12(18-21-11)17-13(20)16-8-4-5-9(15)10(19)6-8/h4-7,19H,1-3H3,(H2,16,17,18,20). The molecule has 2 rings (SSSR count). The van der Waals surface area contributed by atoms with Gasteiger partial charge in [0, 0.05) is 23.2 Å². The number of amides is 2. The molecular weight excluding hydrogens is 277 g/mol. The monoisotopic (exact) mass is 293 g/mol. The SMILES string of the molecule is CC(C)(C)c1cc(NC(=O)Nc2ccc(F)c(O)c2)no1. The third-order valence-electron chi connectivity index (χ3n) is 2.69. The van der Waals surface area contributed by atoms with Crippen molar-refractivity contribution in [3.05, 3.63) is 35.8 Å². The van der Waals surface area contributed by atoms with Gasteiger partial charge in [-0.2, -0.15) is 0 Å². The van der Waals surface area contributed by atoms with Gasteiger partial charge in [0.25, 0.3) is 0 Å². The van der Waals surface area contributed by atoms with Crippen LogP contribution in [0.3, 0.4) is 0 Å². The number of anilines is 2.